The monoisotopic (exact) mass is 272 g/mol. The van der Waals surface area contributed by atoms with E-state index in [0.29, 0.717) is 5.69 Å². The zero-order valence-corrected chi connectivity index (χ0v) is 10.3. The lowest BCUT2D eigenvalue weighted by Crippen LogP contribution is -2.23. The Bertz CT molecular complexity index is 369. The maximum Gasteiger partial charge on any atom is 0.210 e. The number of aryl methyl sites for hydroxylation is 1. The van der Waals surface area contributed by atoms with Crippen LogP contribution in [-0.4, -0.2) is 27.8 Å². The first-order valence-electron chi connectivity index (χ1n) is 4.96. The zero-order chi connectivity index (χ0) is 11.0. The van der Waals surface area contributed by atoms with Crippen molar-refractivity contribution in [2.45, 2.75) is 32.0 Å². The zero-order valence-electron chi connectivity index (χ0n) is 8.74. The lowest BCUT2D eigenvalue weighted by Gasteiger charge is -2.10. The SMILES string of the molecule is CC1CCC(C(=O)c2c(Br)cnn2C)O1. The molecule has 15 heavy (non-hydrogen) atoms. The molecular weight excluding hydrogens is 260 g/mol. The second kappa shape index (κ2) is 4.06. The van der Waals surface area contributed by atoms with Crippen molar-refractivity contribution in [2.24, 2.45) is 7.05 Å². The Morgan fingerprint density at radius 1 is 1.67 bits per heavy atom. The third-order valence-electron chi connectivity index (χ3n) is 2.65. The van der Waals surface area contributed by atoms with Gasteiger partial charge in [0, 0.05) is 7.05 Å². The quantitative estimate of drug-likeness (QED) is 0.773. The van der Waals surface area contributed by atoms with Gasteiger partial charge in [0.2, 0.25) is 5.78 Å². The molecule has 1 aliphatic heterocycles. The number of hydrogen-bond acceptors (Lipinski definition) is 3. The Morgan fingerprint density at radius 3 is 2.87 bits per heavy atom. The van der Waals surface area contributed by atoms with Crippen LogP contribution in [0.15, 0.2) is 10.7 Å². The molecule has 0 radical (unpaired) electrons. The number of halogens is 1. The summed E-state index contributed by atoms with van der Waals surface area (Å²) in [6.45, 7) is 1.99. The van der Waals surface area contributed by atoms with Gasteiger partial charge < -0.3 is 4.74 Å². The Labute approximate surface area is 96.7 Å². The molecule has 2 unspecified atom stereocenters. The van der Waals surface area contributed by atoms with Crippen LogP contribution in [0.25, 0.3) is 0 Å². The van der Waals surface area contributed by atoms with E-state index in [2.05, 4.69) is 21.0 Å². The van der Waals surface area contributed by atoms with E-state index in [-0.39, 0.29) is 18.0 Å². The van der Waals surface area contributed by atoms with Crippen molar-refractivity contribution in [3.63, 3.8) is 0 Å². The molecule has 0 aliphatic carbocycles. The van der Waals surface area contributed by atoms with Crippen molar-refractivity contribution >= 4 is 21.7 Å². The van der Waals surface area contributed by atoms with Gasteiger partial charge in [-0.2, -0.15) is 5.10 Å². The first-order chi connectivity index (χ1) is 7.09. The number of aromatic nitrogens is 2. The van der Waals surface area contributed by atoms with Gasteiger partial charge in [-0.25, -0.2) is 0 Å². The fraction of sp³-hybridized carbons (Fsp3) is 0.600. The van der Waals surface area contributed by atoms with Gasteiger partial charge in [-0.1, -0.05) is 0 Å². The predicted molar refractivity (Wildman–Crippen MR) is 58.8 cm³/mol. The van der Waals surface area contributed by atoms with Crippen molar-refractivity contribution < 1.29 is 9.53 Å². The van der Waals surface area contributed by atoms with Gasteiger partial charge in [-0.3, -0.25) is 9.48 Å². The molecule has 0 N–H and O–H groups in total. The van der Waals surface area contributed by atoms with E-state index in [1.165, 1.54) is 0 Å². The highest BCUT2D eigenvalue weighted by molar-refractivity contribution is 9.10. The topological polar surface area (TPSA) is 44.1 Å². The highest BCUT2D eigenvalue weighted by Gasteiger charge is 2.31. The van der Waals surface area contributed by atoms with Crippen LogP contribution < -0.4 is 0 Å². The van der Waals surface area contributed by atoms with Gasteiger partial charge in [0.1, 0.15) is 11.8 Å². The van der Waals surface area contributed by atoms with Crippen LogP contribution in [0.4, 0.5) is 0 Å². The van der Waals surface area contributed by atoms with Crippen molar-refractivity contribution in [1.82, 2.24) is 9.78 Å². The molecule has 4 nitrogen and oxygen atoms in total. The third-order valence-corrected chi connectivity index (χ3v) is 3.23. The summed E-state index contributed by atoms with van der Waals surface area (Å²) >= 11 is 3.32. The minimum Gasteiger partial charge on any atom is -0.367 e. The maximum absolute atomic E-state index is 12.1. The van der Waals surface area contributed by atoms with Gasteiger partial charge in [-0.05, 0) is 35.7 Å². The van der Waals surface area contributed by atoms with E-state index in [1.807, 2.05) is 6.92 Å². The molecule has 0 saturated carbocycles. The molecule has 82 valence electrons. The van der Waals surface area contributed by atoms with E-state index in [0.717, 1.165) is 17.3 Å². The Hall–Kier alpha value is -0.680. The van der Waals surface area contributed by atoms with Crippen LogP contribution in [0.3, 0.4) is 0 Å². The number of nitrogens with zero attached hydrogens (tertiary/aromatic N) is 2. The average Bonchev–Trinajstić information content (AvgIpc) is 2.73. The van der Waals surface area contributed by atoms with Crippen LogP contribution in [0, 0.1) is 0 Å². The van der Waals surface area contributed by atoms with Crippen molar-refractivity contribution in [3.8, 4) is 0 Å². The minimum atomic E-state index is -0.299. The van der Waals surface area contributed by atoms with Crippen molar-refractivity contribution in [3.05, 3.63) is 16.4 Å². The molecule has 0 amide bonds. The predicted octanol–water partition coefficient (Wildman–Crippen LogP) is 1.93. The second-order valence-electron chi connectivity index (χ2n) is 3.84. The number of hydrogen-bond donors (Lipinski definition) is 0. The van der Waals surface area contributed by atoms with E-state index in [4.69, 9.17) is 4.74 Å². The molecule has 0 spiro atoms. The molecule has 5 heteroatoms. The van der Waals surface area contributed by atoms with E-state index in [1.54, 1.807) is 17.9 Å². The van der Waals surface area contributed by atoms with Gasteiger partial charge in [-0.15, -0.1) is 0 Å². The molecule has 0 bridgehead atoms. The van der Waals surface area contributed by atoms with Crippen LogP contribution in [-0.2, 0) is 11.8 Å². The van der Waals surface area contributed by atoms with Crippen LogP contribution >= 0.6 is 15.9 Å². The molecule has 1 saturated heterocycles. The van der Waals surface area contributed by atoms with Crippen molar-refractivity contribution in [1.29, 1.82) is 0 Å². The number of ether oxygens (including phenoxy) is 1. The maximum atomic E-state index is 12.1. The van der Waals surface area contributed by atoms with E-state index >= 15 is 0 Å². The summed E-state index contributed by atoms with van der Waals surface area (Å²) in [6.07, 6.45) is 3.27. The first-order valence-corrected chi connectivity index (χ1v) is 5.76. The highest BCUT2D eigenvalue weighted by atomic mass is 79.9. The summed E-state index contributed by atoms with van der Waals surface area (Å²) < 4.78 is 7.86. The van der Waals surface area contributed by atoms with Crippen molar-refractivity contribution in [2.75, 3.05) is 0 Å². The summed E-state index contributed by atoms with van der Waals surface area (Å²) in [5.41, 5.74) is 0.592. The lowest BCUT2D eigenvalue weighted by molar-refractivity contribution is 0.0425. The second-order valence-corrected chi connectivity index (χ2v) is 4.70. The number of Topliss-reactive ketones (excluding diaryl/α,β-unsaturated/α-hetero) is 1. The molecule has 0 aromatic carbocycles. The fourth-order valence-electron chi connectivity index (χ4n) is 1.84. The molecule has 1 aliphatic rings. The average molecular weight is 273 g/mol. The third kappa shape index (κ3) is 1.99. The largest absolute Gasteiger partial charge is 0.367 e. The molecule has 2 atom stereocenters. The smallest absolute Gasteiger partial charge is 0.210 e. The summed E-state index contributed by atoms with van der Waals surface area (Å²) in [6, 6.07) is 0. The molecular formula is C10H13BrN2O2. The highest BCUT2D eigenvalue weighted by Crippen LogP contribution is 2.25. The Morgan fingerprint density at radius 2 is 2.40 bits per heavy atom. The van der Waals surface area contributed by atoms with Gasteiger partial charge >= 0.3 is 0 Å². The molecule has 2 heterocycles. The minimum absolute atomic E-state index is 0.0197. The van der Waals surface area contributed by atoms with Gasteiger partial charge in [0.25, 0.3) is 0 Å². The number of carbonyl (C=O) groups excluding carboxylic acids is 1. The van der Waals surface area contributed by atoms with Crippen LogP contribution in [0.1, 0.15) is 30.3 Å². The molecule has 1 fully saturated rings. The number of ketones is 1. The normalized spacial score (nSPS) is 25.8. The standard InChI is InChI=1S/C10H13BrN2O2/c1-6-3-4-8(15-6)10(14)9-7(11)5-12-13(9)2/h5-6,8H,3-4H2,1-2H3. The number of rotatable bonds is 2. The molecule has 1 aromatic heterocycles. The summed E-state index contributed by atoms with van der Waals surface area (Å²) in [5, 5.41) is 4.02. The summed E-state index contributed by atoms with van der Waals surface area (Å²) in [5.74, 6) is 0.0197. The van der Waals surface area contributed by atoms with Crippen LogP contribution in [0.2, 0.25) is 0 Å². The fourth-order valence-corrected chi connectivity index (χ4v) is 2.38. The number of carbonyl (C=O) groups is 1. The van der Waals surface area contributed by atoms with Crippen LogP contribution in [0.5, 0.6) is 0 Å². The van der Waals surface area contributed by atoms with E-state index in [9.17, 15) is 4.79 Å². The Balaban J connectivity index is 2.21. The first kappa shape index (κ1) is 10.8. The summed E-state index contributed by atoms with van der Waals surface area (Å²) in [4.78, 5) is 12.1. The van der Waals surface area contributed by atoms with E-state index < -0.39 is 0 Å². The van der Waals surface area contributed by atoms with Gasteiger partial charge in [0.15, 0.2) is 0 Å². The van der Waals surface area contributed by atoms with Gasteiger partial charge in [0.05, 0.1) is 16.8 Å². The molecule has 1 aromatic rings. The summed E-state index contributed by atoms with van der Waals surface area (Å²) in [7, 11) is 1.76. The lowest BCUT2D eigenvalue weighted by atomic mass is 10.1. The molecule has 2 rings (SSSR count). The Kier molecular flexibility index (Phi) is 2.93.